The van der Waals surface area contributed by atoms with Crippen molar-refractivity contribution in [2.45, 2.75) is 19.8 Å². The second kappa shape index (κ2) is 3.72. The molecule has 2 rings (SSSR count). The SMILES string of the molecule is CC1=C(N)C(=O)C(CO)=C(C2=CCC2)C1=O. The summed E-state index contributed by atoms with van der Waals surface area (Å²) in [4.78, 5) is 23.8. The van der Waals surface area contributed by atoms with E-state index >= 15 is 0 Å². The van der Waals surface area contributed by atoms with E-state index in [-0.39, 0.29) is 22.6 Å². The van der Waals surface area contributed by atoms with Gasteiger partial charge in [-0.1, -0.05) is 6.08 Å². The first-order valence-corrected chi connectivity index (χ1v) is 5.17. The minimum atomic E-state index is -0.439. The normalized spacial score (nSPS) is 21.2. The van der Waals surface area contributed by atoms with Crippen LogP contribution in [0.25, 0.3) is 0 Å². The summed E-state index contributed by atoms with van der Waals surface area (Å²) < 4.78 is 0. The van der Waals surface area contributed by atoms with E-state index in [1.165, 1.54) is 0 Å². The summed E-state index contributed by atoms with van der Waals surface area (Å²) >= 11 is 0. The average Bonchev–Trinajstić information content (AvgIpc) is 2.21. The maximum atomic E-state index is 12.0. The van der Waals surface area contributed by atoms with Crippen molar-refractivity contribution in [1.29, 1.82) is 0 Å². The Labute approximate surface area is 93.1 Å². The zero-order valence-corrected chi connectivity index (χ0v) is 9.04. The van der Waals surface area contributed by atoms with Gasteiger partial charge in [0.05, 0.1) is 12.3 Å². The first-order chi connectivity index (χ1) is 7.57. The number of carbonyl (C=O) groups excluding carboxylic acids is 2. The van der Waals surface area contributed by atoms with Gasteiger partial charge in [-0.05, 0) is 25.3 Å². The molecule has 0 unspecified atom stereocenters. The molecule has 0 saturated heterocycles. The molecule has 0 heterocycles. The molecule has 4 nitrogen and oxygen atoms in total. The second-order valence-electron chi connectivity index (χ2n) is 3.98. The predicted molar refractivity (Wildman–Crippen MR) is 58.3 cm³/mol. The van der Waals surface area contributed by atoms with Gasteiger partial charge >= 0.3 is 0 Å². The van der Waals surface area contributed by atoms with Crippen LogP contribution in [-0.4, -0.2) is 23.3 Å². The molecule has 84 valence electrons. The molecular weight excluding hydrogens is 206 g/mol. The van der Waals surface area contributed by atoms with Gasteiger partial charge in [-0.15, -0.1) is 0 Å². The number of rotatable bonds is 2. The van der Waals surface area contributed by atoms with Gasteiger partial charge in [0.15, 0.2) is 5.78 Å². The van der Waals surface area contributed by atoms with Crippen LogP contribution in [0.15, 0.2) is 34.1 Å². The van der Waals surface area contributed by atoms with Gasteiger partial charge in [-0.2, -0.15) is 0 Å². The minimum Gasteiger partial charge on any atom is -0.395 e. The number of hydrogen-bond acceptors (Lipinski definition) is 4. The van der Waals surface area contributed by atoms with Crippen LogP contribution in [0.5, 0.6) is 0 Å². The van der Waals surface area contributed by atoms with E-state index in [0.29, 0.717) is 5.57 Å². The van der Waals surface area contributed by atoms with E-state index in [1.54, 1.807) is 6.92 Å². The highest BCUT2D eigenvalue weighted by Crippen LogP contribution is 2.33. The average molecular weight is 219 g/mol. The standard InChI is InChI=1S/C12H13NO3/c1-6-10(13)12(16)8(5-14)9(11(6)15)7-3-2-4-7/h3,14H,2,4-5,13H2,1H3. The van der Waals surface area contributed by atoms with Gasteiger partial charge in [0.2, 0.25) is 5.78 Å². The Balaban J connectivity index is 2.57. The van der Waals surface area contributed by atoms with E-state index in [2.05, 4.69) is 0 Å². The maximum absolute atomic E-state index is 12.0. The molecule has 0 aromatic rings. The first kappa shape index (κ1) is 10.8. The van der Waals surface area contributed by atoms with Crippen LogP contribution in [0, 0.1) is 0 Å². The van der Waals surface area contributed by atoms with Gasteiger partial charge in [-0.25, -0.2) is 0 Å². The Hall–Kier alpha value is -1.68. The van der Waals surface area contributed by atoms with E-state index in [1.807, 2.05) is 6.08 Å². The lowest BCUT2D eigenvalue weighted by Crippen LogP contribution is -2.30. The summed E-state index contributed by atoms with van der Waals surface area (Å²) in [6.45, 7) is 1.11. The summed E-state index contributed by atoms with van der Waals surface area (Å²) in [5.74, 6) is -0.644. The number of aliphatic hydroxyl groups excluding tert-OH is 1. The number of Topliss-reactive ketones (excluding diaryl/α,β-unsaturated/α-hetero) is 2. The molecule has 2 aliphatic rings. The summed E-state index contributed by atoms with van der Waals surface area (Å²) in [5.41, 5.74) is 7.14. The molecule has 0 spiro atoms. The molecule has 4 heteroatoms. The fourth-order valence-electron chi connectivity index (χ4n) is 1.90. The highest BCUT2D eigenvalue weighted by molar-refractivity contribution is 6.26. The molecule has 0 fully saturated rings. The van der Waals surface area contributed by atoms with Crippen LogP contribution in [-0.2, 0) is 9.59 Å². The van der Waals surface area contributed by atoms with E-state index in [4.69, 9.17) is 5.73 Å². The van der Waals surface area contributed by atoms with Crippen LogP contribution in [0.2, 0.25) is 0 Å². The van der Waals surface area contributed by atoms with Gasteiger partial charge in [0.25, 0.3) is 0 Å². The zero-order valence-electron chi connectivity index (χ0n) is 9.04. The third kappa shape index (κ3) is 1.34. The van der Waals surface area contributed by atoms with Crippen molar-refractivity contribution < 1.29 is 14.7 Å². The molecule has 0 saturated carbocycles. The van der Waals surface area contributed by atoms with E-state index in [0.717, 1.165) is 18.4 Å². The third-order valence-corrected chi connectivity index (χ3v) is 3.08. The fourth-order valence-corrected chi connectivity index (χ4v) is 1.90. The summed E-state index contributed by atoms with van der Waals surface area (Å²) in [5, 5.41) is 9.19. The molecule has 0 radical (unpaired) electrons. The Bertz CT molecular complexity index is 480. The topological polar surface area (TPSA) is 80.4 Å². The first-order valence-electron chi connectivity index (χ1n) is 5.17. The van der Waals surface area contributed by atoms with Gasteiger partial charge < -0.3 is 10.8 Å². The van der Waals surface area contributed by atoms with Crippen molar-refractivity contribution in [3.05, 3.63) is 34.1 Å². The van der Waals surface area contributed by atoms with Crippen LogP contribution >= 0.6 is 0 Å². The number of carbonyl (C=O) groups is 2. The highest BCUT2D eigenvalue weighted by Gasteiger charge is 2.33. The van der Waals surface area contributed by atoms with Gasteiger partial charge in [0, 0.05) is 16.7 Å². The molecule has 0 aromatic heterocycles. The third-order valence-electron chi connectivity index (χ3n) is 3.08. The number of nitrogens with two attached hydrogens (primary N) is 1. The summed E-state index contributed by atoms with van der Waals surface area (Å²) in [7, 11) is 0. The molecule has 0 aliphatic heterocycles. The lowest BCUT2D eigenvalue weighted by molar-refractivity contribution is -0.116. The van der Waals surface area contributed by atoms with E-state index < -0.39 is 12.4 Å². The molecular formula is C12H13NO3. The number of ketones is 2. The van der Waals surface area contributed by atoms with Crippen molar-refractivity contribution in [1.82, 2.24) is 0 Å². The molecule has 0 amide bonds. The van der Waals surface area contributed by atoms with E-state index in [9.17, 15) is 14.7 Å². The summed E-state index contributed by atoms with van der Waals surface area (Å²) in [6, 6.07) is 0. The molecule has 3 N–H and O–H groups in total. The predicted octanol–water partition coefficient (Wildman–Crippen LogP) is 0.380. The Kier molecular flexibility index (Phi) is 2.52. The maximum Gasteiger partial charge on any atom is 0.208 e. The molecule has 0 atom stereocenters. The lowest BCUT2D eigenvalue weighted by atomic mass is 9.79. The highest BCUT2D eigenvalue weighted by atomic mass is 16.3. The molecule has 0 bridgehead atoms. The van der Waals surface area contributed by atoms with Crippen LogP contribution < -0.4 is 5.73 Å². The Morgan fingerprint density at radius 2 is 2.00 bits per heavy atom. The molecule has 16 heavy (non-hydrogen) atoms. The number of aliphatic hydroxyl groups is 1. The monoisotopic (exact) mass is 219 g/mol. The Morgan fingerprint density at radius 3 is 2.44 bits per heavy atom. The van der Waals surface area contributed by atoms with Crippen molar-refractivity contribution >= 4 is 11.6 Å². The smallest absolute Gasteiger partial charge is 0.208 e. The van der Waals surface area contributed by atoms with Crippen molar-refractivity contribution in [2.75, 3.05) is 6.61 Å². The van der Waals surface area contributed by atoms with Crippen molar-refractivity contribution in [2.24, 2.45) is 5.73 Å². The molecule has 0 aromatic carbocycles. The lowest BCUT2D eigenvalue weighted by Gasteiger charge is -2.24. The van der Waals surface area contributed by atoms with Crippen molar-refractivity contribution in [3.8, 4) is 0 Å². The van der Waals surface area contributed by atoms with Crippen molar-refractivity contribution in [3.63, 3.8) is 0 Å². The number of allylic oxidation sites excluding steroid dienone is 5. The second-order valence-corrected chi connectivity index (χ2v) is 3.98. The summed E-state index contributed by atoms with van der Waals surface area (Å²) in [6.07, 6.45) is 3.60. The van der Waals surface area contributed by atoms with Gasteiger partial charge in [0.1, 0.15) is 0 Å². The molecule has 2 aliphatic carbocycles. The Morgan fingerprint density at radius 1 is 1.38 bits per heavy atom. The largest absolute Gasteiger partial charge is 0.395 e. The minimum absolute atomic E-state index is 0.0438. The quantitative estimate of drug-likeness (QED) is 0.658. The van der Waals surface area contributed by atoms with Crippen LogP contribution in [0.1, 0.15) is 19.8 Å². The van der Waals surface area contributed by atoms with Crippen LogP contribution in [0.3, 0.4) is 0 Å². The fraction of sp³-hybridized carbons (Fsp3) is 0.333. The number of hydrogen-bond donors (Lipinski definition) is 2. The van der Waals surface area contributed by atoms with Crippen LogP contribution in [0.4, 0.5) is 0 Å². The van der Waals surface area contributed by atoms with Gasteiger partial charge in [-0.3, -0.25) is 9.59 Å². The zero-order chi connectivity index (χ0) is 11.9.